The molecular formula is C15H14FN5OS. The molecule has 0 radical (unpaired) electrons. The van der Waals surface area contributed by atoms with Crippen molar-refractivity contribution >= 4 is 28.5 Å². The average Bonchev–Trinajstić information content (AvgIpc) is 3.23. The van der Waals surface area contributed by atoms with Gasteiger partial charge in [0.05, 0.1) is 22.8 Å². The Morgan fingerprint density at radius 3 is 3.13 bits per heavy atom. The third-order valence-corrected chi connectivity index (χ3v) is 4.95. The maximum absolute atomic E-state index is 13.3. The number of fused-ring (bicyclic) bond motifs is 1. The molecule has 1 aromatic carbocycles. The van der Waals surface area contributed by atoms with Crippen LogP contribution in [0.15, 0.2) is 18.2 Å². The number of amides is 1. The molecule has 23 heavy (non-hydrogen) atoms. The quantitative estimate of drug-likeness (QED) is 0.783. The Morgan fingerprint density at radius 2 is 2.35 bits per heavy atom. The van der Waals surface area contributed by atoms with Gasteiger partial charge in [-0.25, -0.2) is 9.37 Å². The summed E-state index contributed by atoms with van der Waals surface area (Å²) in [5, 5.41) is 3.91. The Hall–Kier alpha value is -2.35. The van der Waals surface area contributed by atoms with Crippen LogP contribution in [0.5, 0.6) is 0 Å². The van der Waals surface area contributed by atoms with Gasteiger partial charge in [0, 0.05) is 6.54 Å². The van der Waals surface area contributed by atoms with Gasteiger partial charge in [-0.1, -0.05) is 4.49 Å². The number of aromatic nitrogens is 4. The Bertz CT molecular complexity index is 889. The maximum atomic E-state index is 13.3. The van der Waals surface area contributed by atoms with Gasteiger partial charge < -0.3 is 9.88 Å². The lowest BCUT2D eigenvalue weighted by atomic mass is 10.2. The number of imidazole rings is 1. The van der Waals surface area contributed by atoms with Crippen molar-refractivity contribution in [2.45, 2.75) is 25.8 Å². The lowest BCUT2D eigenvalue weighted by Gasteiger charge is -2.22. The van der Waals surface area contributed by atoms with Gasteiger partial charge in [-0.2, -0.15) is 0 Å². The van der Waals surface area contributed by atoms with Crippen molar-refractivity contribution in [2.75, 3.05) is 6.54 Å². The molecular weight excluding hydrogens is 317 g/mol. The number of aromatic amines is 1. The minimum absolute atomic E-state index is 0.0633. The van der Waals surface area contributed by atoms with Crippen molar-refractivity contribution < 1.29 is 9.18 Å². The van der Waals surface area contributed by atoms with Crippen molar-refractivity contribution in [3.05, 3.63) is 40.4 Å². The van der Waals surface area contributed by atoms with Gasteiger partial charge in [0.25, 0.3) is 5.91 Å². The Morgan fingerprint density at radius 1 is 1.48 bits per heavy atom. The van der Waals surface area contributed by atoms with Crippen LogP contribution in [0.3, 0.4) is 0 Å². The van der Waals surface area contributed by atoms with Gasteiger partial charge >= 0.3 is 0 Å². The van der Waals surface area contributed by atoms with E-state index in [9.17, 15) is 9.18 Å². The molecule has 118 valence electrons. The van der Waals surface area contributed by atoms with E-state index < -0.39 is 0 Å². The van der Waals surface area contributed by atoms with Crippen LogP contribution in [0.25, 0.3) is 11.0 Å². The molecule has 8 heteroatoms. The molecule has 6 nitrogen and oxygen atoms in total. The van der Waals surface area contributed by atoms with Gasteiger partial charge in [0.1, 0.15) is 16.5 Å². The molecule has 1 amide bonds. The molecule has 4 rings (SSSR count). The van der Waals surface area contributed by atoms with E-state index in [4.69, 9.17) is 0 Å². The third-order valence-electron chi connectivity index (χ3n) is 4.14. The highest BCUT2D eigenvalue weighted by molar-refractivity contribution is 7.07. The minimum Gasteiger partial charge on any atom is -0.340 e. The summed E-state index contributed by atoms with van der Waals surface area (Å²) < 4.78 is 17.2. The molecule has 1 unspecified atom stereocenters. The predicted octanol–water partition coefficient (Wildman–Crippen LogP) is 2.84. The second-order valence-corrected chi connectivity index (χ2v) is 6.38. The number of hydrogen-bond donors (Lipinski definition) is 1. The summed E-state index contributed by atoms with van der Waals surface area (Å²) in [7, 11) is 0. The van der Waals surface area contributed by atoms with E-state index in [2.05, 4.69) is 19.6 Å². The fourth-order valence-electron chi connectivity index (χ4n) is 3.01. The zero-order chi connectivity index (χ0) is 16.0. The van der Waals surface area contributed by atoms with Crippen LogP contribution in [-0.2, 0) is 0 Å². The number of benzene rings is 1. The fourth-order valence-corrected chi connectivity index (χ4v) is 3.62. The molecule has 1 saturated heterocycles. The number of nitrogens with zero attached hydrogens (tertiary/aromatic N) is 4. The van der Waals surface area contributed by atoms with Crippen LogP contribution in [0.4, 0.5) is 4.39 Å². The lowest BCUT2D eigenvalue weighted by Crippen LogP contribution is -2.31. The van der Waals surface area contributed by atoms with Crippen LogP contribution in [-0.4, -0.2) is 36.9 Å². The maximum Gasteiger partial charge on any atom is 0.268 e. The first kappa shape index (κ1) is 14.3. The number of carbonyl (C=O) groups excluding carboxylic acids is 1. The smallest absolute Gasteiger partial charge is 0.268 e. The van der Waals surface area contributed by atoms with E-state index in [0.29, 0.717) is 34.0 Å². The monoisotopic (exact) mass is 331 g/mol. The van der Waals surface area contributed by atoms with Crippen LogP contribution < -0.4 is 0 Å². The van der Waals surface area contributed by atoms with E-state index in [-0.39, 0.29) is 17.8 Å². The van der Waals surface area contributed by atoms with E-state index in [1.54, 1.807) is 17.9 Å². The summed E-state index contributed by atoms with van der Waals surface area (Å²) in [5.41, 5.74) is 2.00. The molecule has 3 aromatic rings. The number of hydrogen-bond acceptors (Lipinski definition) is 5. The fraction of sp³-hybridized carbons (Fsp3) is 0.333. The van der Waals surface area contributed by atoms with E-state index >= 15 is 0 Å². The number of halogens is 1. The summed E-state index contributed by atoms with van der Waals surface area (Å²) in [4.78, 5) is 22.8. The Kier molecular flexibility index (Phi) is 3.33. The van der Waals surface area contributed by atoms with Gasteiger partial charge in [0.2, 0.25) is 0 Å². The molecule has 0 spiro atoms. The lowest BCUT2D eigenvalue weighted by molar-refractivity contribution is 0.0734. The molecule has 1 atom stereocenters. The van der Waals surface area contributed by atoms with Crippen molar-refractivity contribution in [1.82, 2.24) is 24.5 Å². The molecule has 1 fully saturated rings. The largest absolute Gasteiger partial charge is 0.340 e. The third kappa shape index (κ3) is 2.39. The highest BCUT2D eigenvalue weighted by atomic mass is 32.1. The highest BCUT2D eigenvalue weighted by Gasteiger charge is 2.34. The van der Waals surface area contributed by atoms with Crippen molar-refractivity contribution in [3.8, 4) is 0 Å². The second kappa shape index (κ2) is 5.38. The van der Waals surface area contributed by atoms with Gasteiger partial charge in [-0.15, -0.1) is 5.10 Å². The molecule has 1 N–H and O–H groups in total. The van der Waals surface area contributed by atoms with E-state index in [1.165, 1.54) is 12.1 Å². The highest BCUT2D eigenvalue weighted by Crippen LogP contribution is 2.33. The van der Waals surface area contributed by atoms with Crippen LogP contribution in [0.1, 0.15) is 40.1 Å². The predicted molar refractivity (Wildman–Crippen MR) is 83.7 cm³/mol. The Balaban J connectivity index is 1.69. The van der Waals surface area contributed by atoms with Gasteiger partial charge in [0.15, 0.2) is 0 Å². The minimum atomic E-state index is -0.307. The zero-order valence-corrected chi connectivity index (χ0v) is 13.2. The van der Waals surface area contributed by atoms with Gasteiger partial charge in [-0.3, -0.25) is 4.79 Å². The molecule has 1 aliphatic rings. The molecule has 3 heterocycles. The topological polar surface area (TPSA) is 74.8 Å². The standard InChI is InChI=1S/C15H14FN5OS/c1-8-13(23-20-19-8)15(22)21-6-2-3-12(21)14-17-10-5-4-9(16)7-11(10)18-14/h4-5,7,12H,2-3,6H2,1H3,(H,17,18). The van der Waals surface area contributed by atoms with Crippen LogP contribution in [0.2, 0.25) is 0 Å². The van der Waals surface area contributed by atoms with Crippen LogP contribution in [0, 0.1) is 12.7 Å². The van der Waals surface area contributed by atoms with Crippen LogP contribution >= 0.6 is 11.5 Å². The van der Waals surface area contributed by atoms with Crippen molar-refractivity contribution in [2.24, 2.45) is 0 Å². The first-order chi connectivity index (χ1) is 11.1. The molecule has 1 aliphatic heterocycles. The number of nitrogens with one attached hydrogen (secondary N) is 1. The zero-order valence-electron chi connectivity index (χ0n) is 12.4. The molecule has 0 bridgehead atoms. The molecule has 0 aliphatic carbocycles. The average molecular weight is 331 g/mol. The molecule has 0 saturated carbocycles. The Labute approximate surface area is 135 Å². The summed E-state index contributed by atoms with van der Waals surface area (Å²) in [5.74, 6) is 0.330. The summed E-state index contributed by atoms with van der Waals surface area (Å²) in [6.45, 7) is 2.46. The van der Waals surface area contributed by atoms with E-state index in [0.717, 1.165) is 24.4 Å². The second-order valence-electron chi connectivity index (χ2n) is 5.63. The number of likely N-dealkylation sites (tertiary alicyclic amines) is 1. The normalized spacial score (nSPS) is 18.0. The SMILES string of the molecule is Cc1nnsc1C(=O)N1CCCC1c1nc2ccc(F)cc2[nH]1. The summed E-state index contributed by atoms with van der Waals surface area (Å²) >= 11 is 1.12. The van der Waals surface area contributed by atoms with Gasteiger partial charge in [-0.05, 0) is 49.5 Å². The number of carbonyl (C=O) groups is 1. The van der Waals surface area contributed by atoms with Crippen molar-refractivity contribution in [3.63, 3.8) is 0 Å². The molecule has 2 aromatic heterocycles. The summed E-state index contributed by atoms with van der Waals surface area (Å²) in [6, 6.07) is 4.32. The number of aryl methyl sites for hydroxylation is 1. The first-order valence-corrected chi connectivity index (χ1v) is 8.16. The van der Waals surface area contributed by atoms with E-state index in [1.807, 2.05) is 0 Å². The number of H-pyrrole nitrogens is 1. The summed E-state index contributed by atoms with van der Waals surface area (Å²) in [6.07, 6.45) is 1.74. The first-order valence-electron chi connectivity index (χ1n) is 7.38. The van der Waals surface area contributed by atoms with Crippen molar-refractivity contribution in [1.29, 1.82) is 0 Å². The number of rotatable bonds is 2.